The Morgan fingerprint density at radius 2 is 1.59 bits per heavy atom. The molecule has 0 aliphatic heterocycles. The SMILES string of the molecule is Cc1c(C(=O)OC(C)C)sc(NC(=O)[C@@H](Sc2ccccc2)c2ccccc2)c1C(N)=O. The maximum absolute atomic E-state index is 13.4. The van der Waals surface area contributed by atoms with Crippen molar-refractivity contribution in [2.75, 3.05) is 5.32 Å². The van der Waals surface area contributed by atoms with Crippen LogP contribution >= 0.6 is 23.1 Å². The van der Waals surface area contributed by atoms with E-state index in [9.17, 15) is 14.4 Å². The standard InChI is InChI=1S/C24H24N2O4S2/c1-14(2)30-24(29)19-15(3)18(21(25)27)23(32-19)26-22(28)20(16-10-6-4-7-11-16)31-17-12-8-5-9-13-17/h4-14,20H,1-3H3,(H2,25,27)(H,26,28)/t20-/m0/s1. The van der Waals surface area contributed by atoms with E-state index in [1.807, 2.05) is 60.7 Å². The molecule has 0 aliphatic carbocycles. The monoisotopic (exact) mass is 468 g/mol. The Hall–Kier alpha value is -3.10. The number of primary amides is 1. The summed E-state index contributed by atoms with van der Waals surface area (Å²) in [6.07, 6.45) is -0.316. The number of ether oxygens (including phenoxy) is 1. The zero-order valence-electron chi connectivity index (χ0n) is 18.0. The average molecular weight is 469 g/mol. The summed E-state index contributed by atoms with van der Waals surface area (Å²) in [7, 11) is 0. The number of carbonyl (C=O) groups is 3. The molecule has 0 radical (unpaired) electrons. The van der Waals surface area contributed by atoms with E-state index in [1.54, 1.807) is 20.8 Å². The first-order chi connectivity index (χ1) is 15.3. The lowest BCUT2D eigenvalue weighted by atomic mass is 10.1. The van der Waals surface area contributed by atoms with Gasteiger partial charge in [0.25, 0.3) is 5.91 Å². The van der Waals surface area contributed by atoms with Gasteiger partial charge >= 0.3 is 5.97 Å². The van der Waals surface area contributed by atoms with Crippen LogP contribution in [0.5, 0.6) is 0 Å². The fourth-order valence-corrected chi connectivity index (χ4v) is 5.22. The number of hydrogen-bond donors (Lipinski definition) is 2. The number of thiophene rings is 1. The summed E-state index contributed by atoms with van der Waals surface area (Å²) in [6, 6.07) is 18.9. The van der Waals surface area contributed by atoms with Gasteiger partial charge in [0.1, 0.15) is 15.1 Å². The van der Waals surface area contributed by atoms with E-state index in [-0.39, 0.29) is 27.5 Å². The molecule has 32 heavy (non-hydrogen) atoms. The van der Waals surface area contributed by atoms with Crippen LogP contribution in [0.25, 0.3) is 0 Å². The smallest absolute Gasteiger partial charge is 0.348 e. The third kappa shape index (κ3) is 5.57. The molecule has 0 unspecified atom stereocenters. The lowest BCUT2D eigenvalue weighted by Crippen LogP contribution is -2.21. The first-order valence-corrected chi connectivity index (χ1v) is 11.7. The van der Waals surface area contributed by atoms with E-state index in [0.29, 0.717) is 5.56 Å². The van der Waals surface area contributed by atoms with Gasteiger partial charge in [-0.2, -0.15) is 0 Å². The molecule has 1 heterocycles. The molecule has 0 saturated heterocycles. The summed E-state index contributed by atoms with van der Waals surface area (Å²) < 4.78 is 5.27. The predicted octanol–water partition coefficient (Wildman–Crippen LogP) is 5.19. The summed E-state index contributed by atoms with van der Waals surface area (Å²) in [5, 5.41) is 2.50. The number of anilines is 1. The first kappa shape index (κ1) is 23.6. The van der Waals surface area contributed by atoms with Crippen LogP contribution in [-0.4, -0.2) is 23.9 Å². The highest BCUT2D eigenvalue weighted by Gasteiger charge is 2.28. The van der Waals surface area contributed by atoms with Crippen LogP contribution in [0.4, 0.5) is 5.00 Å². The van der Waals surface area contributed by atoms with E-state index in [1.165, 1.54) is 11.8 Å². The van der Waals surface area contributed by atoms with Gasteiger partial charge in [0, 0.05) is 4.90 Å². The highest BCUT2D eigenvalue weighted by molar-refractivity contribution is 8.00. The number of nitrogens with one attached hydrogen (secondary N) is 1. The summed E-state index contributed by atoms with van der Waals surface area (Å²) in [5.74, 6) is -1.59. The van der Waals surface area contributed by atoms with Gasteiger partial charge in [0.05, 0.1) is 11.7 Å². The van der Waals surface area contributed by atoms with Crippen molar-refractivity contribution in [1.29, 1.82) is 0 Å². The van der Waals surface area contributed by atoms with Crippen LogP contribution in [0.3, 0.4) is 0 Å². The Bertz CT molecular complexity index is 1110. The van der Waals surface area contributed by atoms with Gasteiger partial charge in [0.15, 0.2) is 0 Å². The minimum Gasteiger partial charge on any atom is -0.459 e. The van der Waals surface area contributed by atoms with E-state index in [2.05, 4.69) is 5.32 Å². The molecule has 8 heteroatoms. The molecule has 3 aromatic rings. The molecule has 1 aromatic heterocycles. The molecule has 3 rings (SSSR count). The van der Waals surface area contributed by atoms with Gasteiger partial charge in [-0.15, -0.1) is 23.1 Å². The maximum atomic E-state index is 13.4. The van der Waals surface area contributed by atoms with Gasteiger partial charge in [-0.05, 0) is 44.0 Å². The number of amides is 2. The van der Waals surface area contributed by atoms with Crippen LogP contribution < -0.4 is 11.1 Å². The van der Waals surface area contributed by atoms with Crippen molar-refractivity contribution in [2.45, 2.75) is 37.0 Å². The van der Waals surface area contributed by atoms with Crippen molar-refractivity contribution in [2.24, 2.45) is 5.73 Å². The van der Waals surface area contributed by atoms with Gasteiger partial charge in [-0.1, -0.05) is 48.5 Å². The van der Waals surface area contributed by atoms with E-state index in [4.69, 9.17) is 10.5 Å². The molecule has 6 nitrogen and oxygen atoms in total. The third-order valence-corrected chi connectivity index (χ3v) is 6.95. The Balaban J connectivity index is 1.95. The zero-order valence-corrected chi connectivity index (χ0v) is 19.6. The highest BCUT2D eigenvalue weighted by Crippen LogP contribution is 2.39. The van der Waals surface area contributed by atoms with Crippen LogP contribution in [-0.2, 0) is 9.53 Å². The minimum atomic E-state index is -0.718. The molecule has 0 spiro atoms. The van der Waals surface area contributed by atoms with Crippen molar-refractivity contribution >= 4 is 45.9 Å². The van der Waals surface area contributed by atoms with Gasteiger partial charge in [-0.3, -0.25) is 9.59 Å². The Labute approximate surface area is 195 Å². The fourth-order valence-electron chi connectivity index (χ4n) is 3.07. The largest absolute Gasteiger partial charge is 0.459 e. The van der Waals surface area contributed by atoms with Crippen LogP contribution in [0.15, 0.2) is 65.6 Å². The van der Waals surface area contributed by atoms with E-state index >= 15 is 0 Å². The number of rotatable bonds is 8. The van der Waals surface area contributed by atoms with Gasteiger partial charge < -0.3 is 15.8 Å². The van der Waals surface area contributed by atoms with Crippen LogP contribution in [0.1, 0.15) is 50.3 Å². The lowest BCUT2D eigenvalue weighted by molar-refractivity contribution is -0.115. The normalized spacial score (nSPS) is 11.8. The topological polar surface area (TPSA) is 98.5 Å². The molecule has 166 valence electrons. The van der Waals surface area contributed by atoms with Gasteiger partial charge in [0.2, 0.25) is 5.91 Å². The zero-order chi connectivity index (χ0) is 23.3. The van der Waals surface area contributed by atoms with E-state index < -0.39 is 17.1 Å². The lowest BCUT2D eigenvalue weighted by Gasteiger charge is -2.17. The first-order valence-electron chi connectivity index (χ1n) is 9.99. The van der Waals surface area contributed by atoms with Crippen LogP contribution in [0, 0.1) is 6.92 Å². The molecule has 2 aromatic carbocycles. The molecule has 2 amide bonds. The van der Waals surface area contributed by atoms with E-state index in [0.717, 1.165) is 21.8 Å². The molecular formula is C24H24N2O4S2. The molecule has 1 atom stereocenters. The van der Waals surface area contributed by atoms with Crippen molar-refractivity contribution in [1.82, 2.24) is 0 Å². The third-order valence-electron chi connectivity index (χ3n) is 4.50. The number of carbonyl (C=O) groups excluding carboxylic acids is 3. The number of nitrogens with two attached hydrogens (primary N) is 1. The summed E-state index contributed by atoms with van der Waals surface area (Å²) in [6.45, 7) is 5.10. The Morgan fingerprint density at radius 1 is 1.00 bits per heavy atom. The second-order valence-electron chi connectivity index (χ2n) is 7.29. The summed E-state index contributed by atoms with van der Waals surface area (Å²) in [5.41, 5.74) is 6.91. The molecular weight excluding hydrogens is 444 g/mol. The van der Waals surface area contributed by atoms with Crippen molar-refractivity contribution in [3.63, 3.8) is 0 Å². The molecule has 0 aliphatic rings. The highest BCUT2D eigenvalue weighted by atomic mass is 32.2. The maximum Gasteiger partial charge on any atom is 0.348 e. The van der Waals surface area contributed by atoms with Gasteiger partial charge in [-0.25, -0.2) is 4.79 Å². The Morgan fingerprint density at radius 3 is 2.16 bits per heavy atom. The average Bonchev–Trinajstić information content (AvgIpc) is 3.08. The quantitative estimate of drug-likeness (QED) is 0.350. The predicted molar refractivity (Wildman–Crippen MR) is 128 cm³/mol. The second kappa shape index (κ2) is 10.5. The second-order valence-corrected chi connectivity index (χ2v) is 9.49. The number of thioether (sulfide) groups is 1. The summed E-state index contributed by atoms with van der Waals surface area (Å²) in [4.78, 5) is 39.1. The van der Waals surface area contributed by atoms with Crippen molar-refractivity contribution in [3.05, 3.63) is 82.2 Å². The van der Waals surface area contributed by atoms with Crippen LogP contribution in [0.2, 0.25) is 0 Å². The molecule has 0 bridgehead atoms. The fraction of sp³-hybridized carbons (Fsp3) is 0.208. The molecule has 0 saturated carbocycles. The number of hydrogen-bond acceptors (Lipinski definition) is 6. The number of esters is 1. The summed E-state index contributed by atoms with van der Waals surface area (Å²) >= 11 is 2.39. The van der Waals surface area contributed by atoms with Crippen molar-refractivity contribution in [3.8, 4) is 0 Å². The molecule has 0 fully saturated rings. The molecule has 3 N–H and O–H groups in total. The Kier molecular flexibility index (Phi) is 7.71. The van der Waals surface area contributed by atoms with Crippen molar-refractivity contribution < 1.29 is 19.1 Å². The minimum absolute atomic E-state index is 0.121. The number of benzene rings is 2.